The number of nitrogens with one attached hydrogen (secondary N) is 1. The van der Waals surface area contributed by atoms with Gasteiger partial charge in [-0.25, -0.2) is 4.79 Å². The summed E-state index contributed by atoms with van der Waals surface area (Å²) in [6.07, 6.45) is 1.72. The first-order chi connectivity index (χ1) is 11.2. The van der Waals surface area contributed by atoms with Crippen LogP contribution in [0, 0.1) is 5.92 Å². The van der Waals surface area contributed by atoms with Crippen LogP contribution in [0.1, 0.15) is 43.2 Å². The number of methoxy groups -OCH3 is 1. The maximum Gasteiger partial charge on any atom is 0.337 e. The first kappa shape index (κ1) is 17.9. The van der Waals surface area contributed by atoms with Crippen LogP contribution in [-0.4, -0.2) is 46.9 Å². The van der Waals surface area contributed by atoms with Gasteiger partial charge < -0.3 is 15.0 Å². The molecule has 2 rings (SSSR count). The van der Waals surface area contributed by atoms with Crippen molar-refractivity contribution in [1.82, 2.24) is 15.2 Å². The Kier molecular flexibility index (Phi) is 5.21. The summed E-state index contributed by atoms with van der Waals surface area (Å²) in [5.41, 5.74) is 0.651. The minimum Gasteiger partial charge on any atom is -0.465 e. The van der Waals surface area contributed by atoms with Crippen molar-refractivity contribution >= 4 is 17.8 Å². The molecule has 1 aromatic heterocycles. The van der Waals surface area contributed by atoms with Crippen molar-refractivity contribution in [3.63, 3.8) is 0 Å². The van der Waals surface area contributed by atoms with E-state index in [0.717, 1.165) is 0 Å². The Balaban J connectivity index is 1.95. The lowest BCUT2D eigenvalue weighted by Crippen LogP contribution is -2.43. The van der Waals surface area contributed by atoms with E-state index in [9.17, 15) is 14.4 Å². The van der Waals surface area contributed by atoms with E-state index in [1.807, 2.05) is 20.8 Å². The molecule has 1 aliphatic rings. The number of rotatable bonds is 4. The van der Waals surface area contributed by atoms with Gasteiger partial charge in [0.15, 0.2) is 0 Å². The summed E-state index contributed by atoms with van der Waals surface area (Å²) in [6, 6.07) is 3.13. The van der Waals surface area contributed by atoms with Gasteiger partial charge in [-0.2, -0.15) is 0 Å². The number of hydrogen-bond donors (Lipinski definition) is 1. The van der Waals surface area contributed by atoms with Crippen LogP contribution in [0.25, 0.3) is 0 Å². The molecule has 24 heavy (non-hydrogen) atoms. The molecule has 2 heterocycles. The molecule has 7 heteroatoms. The molecule has 1 saturated heterocycles. The maximum absolute atomic E-state index is 12.3. The van der Waals surface area contributed by atoms with Gasteiger partial charge >= 0.3 is 5.97 Å². The molecule has 0 saturated carbocycles. The smallest absolute Gasteiger partial charge is 0.337 e. The molecule has 0 bridgehead atoms. The van der Waals surface area contributed by atoms with Crippen molar-refractivity contribution in [2.24, 2.45) is 5.92 Å². The molecule has 0 aromatic carbocycles. The van der Waals surface area contributed by atoms with Gasteiger partial charge in [0.25, 0.3) is 0 Å². The maximum atomic E-state index is 12.3. The number of aromatic nitrogens is 1. The van der Waals surface area contributed by atoms with Crippen molar-refractivity contribution in [3.05, 3.63) is 29.6 Å². The Morgan fingerprint density at radius 1 is 1.42 bits per heavy atom. The quantitative estimate of drug-likeness (QED) is 0.835. The third-order valence-corrected chi connectivity index (χ3v) is 3.99. The van der Waals surface area contributed by atoms with E-state index in [4.69, 9.17) is 0 Å². The Morgan fingerprint density at radius 3 is 2.71 bits per heavy atom. The summed E-state index contributed by atoms with van der Waals surface area (Å²) >= 11 is 0. The number of likely N-dealkylation sites (tertiary alicyclic amines) is 1. The third kappa shape index (κ3) is 4.10. The van der Waals surface area contributed by atoms with Crippen molar-refractivity contribution in [2.45, 2.75) is 39.3 Å². The number of carbonyl (C=O) groups is 3. The molecule has 130 valence electrons. The highest BCUT2D eigenvalue weighted by Gasteiger charge is 2.39. The van der Waals surface area contributed by atoms with Gasteiger partial charge in [0, 0.05) is 24.7 Å². The molecule has 1 unspecified atom stereocenters. The Morgan fingerprint density at radius 2 is 2.12 bits per heavy atom. The molecule has 0 aliphatic carbocycles. The average Bonchev–Trinajstić information content (AvgIpc) is 2.94. The first-order valence-electron chi connectivity index (χ1n) is 7.84. The highest BCUT2D eigenvalue weighted by atomic mass is 16.5. The summed E-state index contributed by atoms with van der Waals surface area (Å²) in [5.74, 6) is -0.999. The minimum atomic E-state index is -0.452. The van der Waals surface area contributed by atoms with Gasteiger partial charge in [-0.15, -0.1) is 0 Å². The van der Waals surface area contributed by atoms with Crippen LogP contribution < -0.4 is 5.32 Å². The van der Waals surface area contributed by atoms with Crippen molar-refractivity contribution in [1.29, 1.82) is 0 Å². The zero-order valence-corrected chi connectivity index (χ0v) is 14.5. The minimum absolute atomic E-state index is 0.00605. The van der Waals surface area contributed by atoms with Crippen LogP contribution >= 0.6 is 0 Å². The topological polar surface area (TPSA) is 88.6 Å². The number of ether oxygens (including phenoxy) is 1. The Labute approximate surface area is 141 Å². The first-order valence-corrected chi connectivity index (χ1v) is 7.84. The molecule has 1 N–H and O–H groups in total. The number of amides is 2. The number of esters is 1. The molecule has 1 aromatic rings. The SMILES string of the molecule is COC(=O)c1ccnc(CNC(=O)C2CC(=O)N(C(C)(C)C)C2)c1. The van der Waals surface area contributed by atoms with E-state index >= 15 is 0 Å². The van der Waals surface area contributed by atoms with Gasteiger partial charge in [-0.1, -0.05) is 0 Å². The lowest BCUT2D eigenvalue weighted by atomic mass is 10.1. The van der Waals surface area contributed by atoms with Gasteiger partial charge in [0.1, 0.15) is 0 Å². The number of hydrogen-bond acceptors (Lipinski definition) is 5. The number of carbonyl (C=O) groups excluding carboxylic acids is 3. The molecule has 0 spiro atoms. The summed E-state index contributed by atoms with van der Waals surface area (Å²) < 4.78 is 4.66. The van der Waals surface area contributed by atoms with Crippen molar-refractivity contribution < 1.29 is 19.1 Å². The van der Waals surface area contributed by atoms with Gasteiger partial charge in [-0.05, 0) is 32.9 Å². The van der Waals surface area contributed by atoms with E-state index in [0.29, 0.717) is 17.8 Å². The van der Waals surface area contributed by atoms with E-state index < -0.39 is 5.97 Å². The summed E-state index contributed by atoms with van der Waals surface area (Å²) in [4.78, 5) is 41.7. The second-order valence-electron chi connectivity index (χ2n) is 6.82. The van der Waals surface area contributed by atoms with Crippen LogP contribution in [0.3, 0.4) is 0 Å². The van der Waals surface area contributed by atoms with E-state index in [1.165, 1.54) is 13.3 Å². The van der Waals surface area contributed by atoms with Crippen molar-refractivity contribution in [2.75, 3.05) is 13.7 Å². The summed E-state index contributed by atoms with van der Waals surface area (Å²) in [7, 11) is 1.31. The zero-order chi connectivity index (χ0) is 17.9. The van der Waals surface area contributed by atoms with E-state index in [2.05, 4.69) is 15.0 Å². The van der Waals surface area contributed by atoms with Gasteiger partial charge in [0.05, 0.1) is 30.8 Å². The molecular weight excluding hydrogens is 310 g/mol. The molecule has 2 amide bonds. The lowest BCUT2D eigenvalue weighted by molar-refractivity contribution is -0.132. The second kappa shape index (κ2) is 6.98. The molecule has 0 radical (unpaired) electrons. The highest BCUT2D eigenvalue weighted by molar-refractivity contribution is 5.90. The van der Waals surface area contributed by atoms with Gasteiger partial charge in [-0.3, -0.25) is 14.6 Å². The fourth-order valence-corrected chi connectivity index (χ4v) is 2.67. The molecule has 1 aliphatic heterocycles. The lowest BCUT2D eigenvalue weighted by Gasteiger charge is -2.31. The second-order valence-corrected chi connectivity index (χ2v) is 6.82. The number of pyridine rings is 1. The number of nitrogens with zero attached hydrogens (tertiary/aromatic N) is 2. The summed E-state index contributed by atoms with van der Waals surface area (Å²) in [5, 5.41) is 2.79. The van der Waals surface area contributed by atoms with Crippen LogP contribution in [-0.2, 0) is 20.9 Å². The van der Waals surface area contributed by atoms with E-state index in [1.54, 1.807) is 17.0 Å². The highest BCUT2D eigenvalue weighted by Crippen LogP contribution is 2.25. The van der Waals surface area contributed by atoms with Crippen LogP contribution in [0.5, 0.6) is 0 Å². The normalized spacial score (nSPS) is 17.8. The Bertz CT molecular complexity index is 651. The molecule has 1 atom stereocenters. The van der Waals surface area contributed by atoms with Gasteiger partial charge in [0.2, 0.25) is 11.8 Å². The molecule has 1 fully saturated rings. The van der Waals surface area contributed by atoms with Crippen LogP contribution in [0.2, 0.25) is 0 Å². The zero-order valence-electron chi connectivity index (χ0n) is 14.5. The fourth-order valence-electron chi connectivity index (χ4n) is 2.67. The average molecular weight is 333 g/mol. The monoisotopic (exact) mass is 333 g/mol. The predicted octanol–water partition coefficient (Wildman–Crippen LogP) is 1.13. The van der Waals surface area contributed by atoms with Crippen molar-refractivity contribution in [3.8, 4) is 0 Å². The van der Waals surface area contributed by atoms with Crippen LogP contribution in [0.4, 0.5) is 0 Å². The third-order valence-electron chi connectivity index (χ3n) is 3.99. The fraction of sp³-hybridized carbons (Fsp3) is 0.529. The van der Waals surface area contributed by atoms with E-state index in [-0.39, 0.29) is 36.2 Å². The molecular formula is C17H23N3O4. The van der Waals surface area contributed by atoms with Crippen LogP contribution in [0.15, 0.2) is 18.3 Å². The predicted molar refractivity (Wildman–Crippen MR) is 87.0 cm³/mol. The Hall–Kier alpha value is -2.44. The summed E-state index contributed by atoms with van der Waals surface area (Å²) in [6.45, 7) is 6.47. The molecule has 7 nitrogen and oxygen atoms in total. The standard InChI is InChI=1S/C17H23N3O4/c1-17(2,3)20-10-12(8-14(20)21)15(22)19-9-13-7-11(5-6-18-13)16(23)24-4/h5-7,12H,8-10H2,1-4H3,(H,19,22). The largest absolute Gasteiger partial charge is 0.465 e.